The van der Waals surface area contributed by atoms with Gasteiger partial charge in [-0.15, -0.1) is 0 Å². The van der Waals surface area contributed by atoms with E-state index in [0.717, 1.165) is 38.5 Å². The first-order valence-electron chi connectivity index (χ1n) is 13.3. The van der Waals surface area contributed by atoms with Crippen LogP contribution >= 0.6 is 0 Å². The zero-order valence-electron chi connectivity index (χ0n) is 21.3. The lowest BCUT2D eigenvalue weighted by atomic mass is 9.45. The highest BCUT2D eigenvalue weighted by molar-refractivity contribution is 5.86. The van der Waals surface area contributed by atoms with Gasteiger partial charge in [0.15, 0.2) is 11.9 Å². The van der Waals surface area contributed by atoms with Gasteiger partial charge in [0.1, 0.15) is 23.9 Å². The number of aliphatic hydroxyl groups excluding tert-OH is 3. The number of hydrogen-bond acceptors (Lipinski definition) is 8. The Bertz CT molecular complexity index is 950. The number of ketones is 1. The molecule has 5 N–H and O–H groups in total. The Hall–Kier alpha value is -1.52. The van der Waals surface area contributed by atoms with Gasteiger partial charge in [-0.05, 0) is 87.0 Å². The van der Waals surface area contributed by atoms with Gasteiger partial charge in [0.2, 0.25) is 6.29 Å². The van der Waals surface area contributed by atoms with Gasteiger partial charge in [-0.2, -0.15) is 0 Å². The van der Waals surface area contributed by atoms with Crippen LogP contribution in [0.1, 0.15) is 72.1 Å². The van der Waals surface area contributed by atoms with Gasteiger partial charge >= 0.3 is 5.97 Å². The molecule has 9 heteroatoms. The van der Waals surface area contributed by atoms with Crippen molar-refractivity contribution in [3.8, 4) is 0 Å². The van der Waals surface area contributed by atoms with E-state index in [-0.39, 0.29) is 16.6 Å². The number of ether oxygens (including phenoxy) is 2. The Balaban J connectivity index is 1.32. The Morgan fingerprint density at radius 1 is 1.00 bits per heavy atom. The molecule has 1 aliphatic heterocycles. The molecule has 0 radical (unpaired) electrons. The van der Waals surface area contributed by atoms with Gasteiger partial charge in [0.25, 0.3) is 0 Å². The summed E-state index contributed by atoms with van der Waals surface area (Å²) in [6.45, 7) is 5.98. The third-order valence-corrected chi connectivity index (χ3v) is 11.1. The number of fused-ring (bicyclic) bond motifs is 5. The molecule has 0 aromatic heterocycles. The smallest absolute Gasteiger partial charge is 0.335 e. The predicted octanol–water partition coefficient (Wildman–Crippen LogP) is 1.75. The van der Waals surface area contributed by atoms with E-state index < -0.39 is 42.3 Å². The van der Waals surface area contributed by atoms with E-state index in [0.29, 0.717) is 42.3 Å². The maximum atomic E-state index is 12.4. The molecule has 1 heterocycles. The molecule has 3 saturated carbocycles. The standard InChI is InChI=1S/C27H40O9/c1-13(28)27(34)11-8-18-16-5-4-14-12-15(6-9-25(14,2)17(16)7-10-26(18,27)3)35-24-21(31)19(29)20(30)22(36-24)23(32)33/h6,14,16-22,24,29-31,34H,4-5,7-12H2,1-3H3,(H,32,33)/t14-,16-,17+,18+,19+,20+,21-,22+,24?,25+,26+,27-/m1/s1. The summed E-state index contributed by atoms with van der Waals surface area (Å²) in [6, 6.07) is 0. The first kappa shape index (κ1) is 26.1. The Kier molecular flexibility index (Phi) is 6.35. The fourth-order valence-corrected chi connectivity index (χ4v) is 8.84. The Morgan fingerprint density at radius 2 is 1.69 bits per heavy atom. The number of rotatable bonds is 4. The maximum absolute atomic E-state index is 12.4. The van der Waals surface area contributed by atoms with E-state index in [1.807, 2.05) is 6.08 Å². The van der Waals surface area contributed by atoms with Crippen molar-refractivity contribution in [3.63, 3.8) is 0 Å². The molecule has 12 atom stereocenters. The average molecular weight is 509 g/mol. The summed E-state index contributed by atoms with van der Waals surface area (Å²) in [6.07, 6.45) is 0.573. The lowest BCUT2D eigenvalue weighted by Gasteiger charge is -2.60. The van der Waals surface area contributed by atoms with Gasteiger partial charge in [-0.1, -0.05) is 13.8 Å². The molecule has 5 rings (SSSR count). The van der Waals surface area contributed by atoms with Gasteiger partial charge in [-0.25, -0.2) is 4.79 Å². The normalized spacial score (nSPS) is 52.4. The third-order valence-electron chi connectivity index (χ3n) is 11.1. The molecule has 4 aliphatic carbocycles. The van der Waals surface area contributed by atoms with Crippen molar-refractivity contribution in [2.75, 3.05) is 0 Å². The van der Waals surface area contributed by atoms with E-state index in [1.54, 1.807) is 0 Å². The van der Waals surface area contributed by atoms with Gasteiger partial charge in [-0.3, -0.25) is 4.79 Å². The minimum atomic E-state index is -1.75. The fourth-order valence-electron chi connectivity index (χ4n) is 8.84. The fraction of sp³-hybridized carbons (Fsp3) is 0.852. The monoisotopic (exact) mass is 508 g/mol. The zero-order valence-corrected chi connectivity index (χ0v) is 21.3. The van der Waals surface area contributed by atoms with Crippen molar-refractivity contribution >= 4 is 11.8 Å². The van der Waals surface area contributed by atoms with Crippen LogP contribution in [-0.2, 0) is 19.1 Å². The van der Waals surface area contributed by atoms with Crippen LogP contribution in [0.2, 0.25) is 0 Å². The summed E-state index contributed by atoms with van der Waals surface area (Å²) in [5, 5.41) is 51.0. The third kappa shape index (κ3) is 3.61. The van der Waals surface area contributed by atoms with Crippen molar-refractivity contribution in [1.82, 2.24) is 0 Å². The molecule has 9 nitrogen and oxygen atoms in total. The van der Waals surface area contributed by atoms with Crippen molar-refractivity contribution in [3.05, 3.63) is 11.8 Å². The van der Waals surface area contributed by atoms with E-state index in [4.69, 9.17) is 9.47 Å². The summed E-state index contributed by atoms with van der Waals surface area (Å²) >= 11 is 0. The topological polar surface area (TPSA) is 154 Å². The summed E-state index contributed by atoms with van der Waals surface area (Å²) in [5.41, 5.74) is -1.55. The van der Waals surface area contributed by atoms with Crippen LogP contribution in [0.15, 0.2) is 11.8 Å². The molecule has 4 fully saturated rings. The Morgan fingerprint density at radius 3 is 2.36 bits per heavy atom. The van der Waals surface area contributed by atoms with Crippen molar-refractivity contribution < 1.29 is 44.6 Å². The number of carbonyl (C=O) groups excluding carboxylic acids is 1. The minimum absolute atomic E-state index is 0.0411. The number of carbonyl (C=O) groups is 2. The highest BCUT2D eigenvalue weighted by Gasteiger charge is 2.66. The van der Waals surface area contributed by atoms with Crippen LogP contribution in [0.3, 0.4) is 0 Å². The number of allylic oxidation sites excluding steroid dienone is 2. The van der Waals surface area contributed by atoms with Crippen molar-refractivity contribution in [2.45, 2.75) is 108 Å². The van der Waals surface area contributed by atoms with E-state index in [1.165, 1.54) is 6.92 Å². The highest BCUT2D eigenvalue weighted by Crippen LogP contribution is 2.68. The van der Waals surface area contributed by atoms with Crippen LogP contribution in [0.4, 0.5) is 0 Å². The molecule has 202 valence electrons. The lowest BCUT2D eigenvalue weighted by Crippen LogP contribution is -2.60. The molecule has 1 saturated heterocycles. The van der Waals surface area contributed by atoms with Crippen LogP contribution in [0.5, 0.6) is 0 Å². The Labute approximate surface area is 211 Å². The van der Waals surface area contributed by atoms with E-state index >= 15 is 0 Å². The largest absolute Gasteiger partial charge is 0.479 e. The quantitative estimate of drug-likeness (QED) is 0.382. The van der Waals surface area contributed by atoms with E-state index in [9.17, 15) is 35.1 Å². The van der Waals surface area contributed by atoms with E-state index in [2.05, 4.69) is 13.8 Å². The molecule has 0 aromatic carbocycles. The SMILES string of the molecule is CC(=O)[C@]1(O)CC[C@H]2[C@@H]3CC[C@@H]4CC(OC5O[C@H](C(=O)O)[C@@H](O)[C@H](O)[C@H]5O)=CC[C@]4(C)[C@H]3CC[C@@]21C. The molecular formula is C27H40O9. The lowest BCUT2D eigenvalue weighted by molar-refractivity contribution is -0.286. The number of hydrogen-bond donors (Lipinski definition) is 5. The summed E-state index contributed by atoms with van der Waals surface area (Å²) in [7, 11) is 0. The van der Waals surface area contributed by atoms with Gasteiger partial charge in [0.05, 0.1) is 5.76 Å². The number of carboxylic acids is 1. The predicted molar refractivity (Wildman–Crippen MR) is 126 cm³/mol. The molecule has 0 amide bonds. The van der Waals surface area contributed by atoms with Gasteiger partial charge < -0.3 is 35.0 Å². The van der Waals surface area contributed by atoms with Crippen molar-refractivity contribution in [1.29, 1.82) is 0 Å². The number of aliphatic hydroxyl groups is 4. The molecule has 0 spiro atoms. The second-order valence-electron chi connectivity index (χ2n) is 12.5. The minimum Gasteiger partial charge on any atom is -0.479 e. The number of Topliss-reactive ketones (excluding diaryl/α,β-unsaturated/α-hetero) is 1. The second kappa shape index (κ2) is 8.76. The zero-order chi connectivity index (χ0) is 26.2. The van der Waals surface area contributed by atoms with Crippen LogP contribution in [0, 0.1) is 34.5 Å². The molecular weight excluding hydrogens is 468 g/mol. The molecule has 5 aliphatic rings. The second-order valence-corrected chi connectivity index (χ2v) is 12.5. The number of carboxylic acid groups (broad SMARTS) is 1. The van der Waals surface area contributed by atoms with Crippen LogP contribution in [-0.4, -0.2) is 73.6 Å². The highest BCUT2D eigenvalue weighted by atomic mass is 16.7. The first-order valence-corrected chi connectivity index (χ1v) is 13.3. The molecule has 1 unspecified atom stereocenters. The van der Waals surface area contributed by atoms with Crippen LogP contribution in [0.25, 0.3) is 0 Å². The summed E-state index contributed by atoms with van der Waals surface area (Å²) in [5.74, 6) is 0.678. The summed E-state index contributed by atoms with van der Waals surface area (Å²) < 4.78 is 11.2. The molecule has 0 bridgehead atoms. The maximum Gasteiger partial charge on any atom is 0.335 e. The molecule has 36 heavy (non-hydrogen) atoms. The summed E-state index contributed by atoms with van der Waals surface area (Å²) in [4.78, 5) is 23.9. The first-order chi connectivity index (χ1) is 16.8. The molecule has 0 aromatic rings. The van der Waals surface area contributed by atoms with Crippen LogP contribution < -0.4 is 0 Å². The number of aliphatic carboxylic acids is 1. The average Bonchev–Trinajstić information content (AvgIpc) is 3.11. The van der Waals surface area contributed by atoms with Gasteiger partial charge in [0, 0.05) is 11.8 Å². The van der Waals surface area contributed by atoms with Crippen molar-refractivity contribution in [2.24, 2.45) is 34.5 Å².